The molecule has 3 N–H and O–H groups in total. The highest BCUT2D eigenvalue weighted by Gasteiger charge is 2.34. The molecule has 24 heavy (non-hydrogen) atoms. The van der Waals surface area contributed by atoms with E-state index in [-0.39, 0.29) is 18.4 Å². The van der Waals surface area contributed by atoms with E-state index in [4.69, 9.17) is 5.11 Å². The van der Waals surface area contributed by atoms with Crippen molar-refractivity contribution in [3.8, 4) is 0 Å². The first-order valence-corrected chi connectivity index (χ1v) is 7.36. The lowest BCUT2D eigenvalue weighted by Gasteiger charge is -2.15. The second-order valence-corrected chi connectivity index (χ2v) is 5.69. The molecule has 1 heterocycles. The Balaban J connectivity index is 2.38. The Labute approximate surface area is 138 Å². The van der Waals surface area contributed by atoms with E-state index >= 15 is 0 Å². The molecule has 5 nitrogen and oxygen atoms in total. The lowest BCUT2D eigenvalue weighted by atomic mass is 10.1. The number of benzene rings is 1. The van der Waals surface area contributed by atoms with E-state index in [1.807, 2.05) is 32.0 Å². The highest BCUT2D eigenvalue weighted by Crippen LogP contribution is 2.30. The third kappa shape index (κ3) is 4.82. The van der Waals surface area contributed by atoms with Gasteiger partial charge in [0.25, 0.3) is 0 Å². The van der Waals surface area contributed by atoms with Gasteiger partial charge in [0, 0.05) is 17.8 Å². The second-order valence-electron chi connectivity index (χ2n) is 5.69. The van der Waals surface area contributed by atoms with E-state index in [1.54, 1.807) is 6.92 Å². The number of aliphatic hydroxyl groups is 1. The zero-order chi connectivity index (χ0) is 17.9. The van der Waals surface area contributed by atoms with Gasteiger partial charge in [-0.2, -0.15) is 18.2 Å². The monoisotopic (exact) mass is 340 g/mol. The second kappa shape index (κ2) is 7.04. The summed E-state index contributed by atoms with van der Waals surface area (Å²) in [7, 11) is 0. The molecule has 0 aliphatic rings. The van der Waals surface area contributed by atoms with Gasteiger partial charge in [0.1, 0.15) is 5.82 Å². The number of aryl methyl sites for hydroxylation is 2. The number of rotatable bonds is 5. The van der Waals surface area contributed by atoms with Crippen molar-refractivity contribution >= 4 is 17.5 Å². The van der Waals surface area contributed by atoms with E-state index < -0.39 is 17.9 Å². The minimum Gasteiger partial charge on any atom is -0.394 e. The average Bonchev–Trinajstić information content (AvgIpc) is 2.44. The summed E-state index contributed by atoms with van der Waals surface area (Å²) in [6.45, 7) is 5.16. The number of anilines is 3. The van der Waals surface area contributed by atoms with E-state index in [9.17, 15) is 13.2 Å². The molecular formula is C16H19F3N4O. The molecule has 8 heteroatoms. The van der Waals surface area contributed by atoms with Gasteiger partial charge < -0.3 is 15.7 Å². The Kier molecular flexibility index (Phi) is 5.28. The number of aromatic nitrogens is 2. The summed E-state index contributed by atoms with van der Waals surface area (Å²) in [5.74, 6) is -0.173. The molecule has 0 saturated carbocycles. The Morgan fingerprint density at radius 1 is 1.08 bits per heavy atom. The van der Waals surface area contributed by atoms with Crippen molar-refractivity contribution in [2.75, 3.05) is 17.2 Å². The van der Waals surface area contributed by atoms with E-state index in [0.29, 0.717) is 5.69 Å². The molecule has 0 aliphatic carbocycles. The van der Waals surface area contributed by atoms with Crippen molar-refractivity contribution in [3.05, 3.63) is 41.1 Å². The predicted molar refractivity (Wildman–Crippen MR) is 86.4 cm³/mol. The van der Waals surface area contributed by atoms with Gasteiger partial charge in [0.05, 0.1) is 6.61 Å². The molecule has 0 unspecified atom stereocenters. The van der Waals surface area contributed by atoms with Crippen LogP contribution in [0.25, 0.3) is 0 Å². The van der Waals surface area contributed by atoms with Gasteiger partial charge in [-0.25, -0.2) is 4.98 Å². The molecule has 0 amide bonds. The van der Waals surface area contributed by atoms with E-state index in [1.165, 1.54) is 0 Å². The molecule has 1 aromatic carbocycles. The fourth-order valence-electron chi connectivity index (χ4n) is 2.18. The van der Waals surface area contributed by atoms with Crippen LogP contribution < -0.4 is 10.6 Å². The average molecular weight is 340 g/mol. The van der Waals surface area contributed by atoms with Gasteiger partial charge in [-0.15, -0.1) is 0 Å². The number of halogens is 3. The summed E-state index contributed by atoms with van der Waals surface area (Å²) in [5.41, 5.74) is 1.54. The number of nitrogens with zero attached hydrogens (tertiary/aromatic N) is 2. The van der Waals surface area contributed by atoms with Crippen molar-refractivity contribution in [3.63, 3.8) is 0 Å². The van der Waals surface area contributed by atoms with Crippen LogP contribution in [0.2, 0.25) is 0 Å². The number of nitrogens with one attached hydrogen (secondary N) is 2. The normalized spacial score (nSPS) is 12.8. The predicted octanol–water partition coefficient (Wildman–Crippen LogP) is 3.65. The molecule has 130 valence electrons. The highest BCUT2D eigenvalue weighted by atomic mass is 19.4. The maximum Gasteiger partial charge on any atom is 0.433 e. The van der Waals surface area contributed by atoms with E-state index in [2.05, 4.69) is 20.6 Å². The lowest BCUT2D eigenvalue weighted by molar-refractivity contribution is -0.141. The van der Waals surface area contributed by atoms with Crippen LogP contribution >= 0.6 is 0 Å². The van der Waals surface area contributed by atoms with Crippen molar-refractivity contribution in [1.82, 2.24) is 9.97 Å². The third-order valence-corrected chi connectivity index (χ3v) is 3.16. The standard InChI is InChI=1S/C16H19F3N4O/c1-9-4-10(2)6-12(5-9)21-14-7-13(16(17,18)19)22-15(23-14)20-11(3)8-24/h4-7,11,24H,8H2,1-3H3,(H2,20,21,22,23)/t11-/m1/s1. The van der Waals surface area contributed by atoms with Gasteiger partial charge >= 0.3 is 6.18 Å². The minimum absolute atomic E-state index is 0.0231. The van der Waals surface area contributed by atoms with Crippen LogP contribution in [0.15, 0.2) is 24.3 Å². The third-order valence-electron chi connectivity index (χ3n) is 3.16. The Bertz CT molecular complexity index is 699. The maximum atomic E-state index is 13.0. The maximum absolute atomic E-state index is 13.0. The molecule has 0 bridgehead atoms. The van der Waals surface area contributed by atoms with Crippen LogP contribution in [0.4, 0.5) is 30.6 Å². The summed E-state index contributed by atoms with van der Waals surface area (Å²) >= 11 is 0. The van der Waals surface area contributed by atoms with Gasteiger partial charge in [0.2, 0.25) is 5.95 Å². The van der Waals surface area contributed by atoms with Crippen LogP contribution in [0.1, 0.15) is 23.7 Å². The first kappa shape index (κ1) is 18.0. The van der Waals surface area contributed by atoms with Gasteiger partial charge in [-0.1, -0.05) is 6.07 Å². The summed E-state index contributed by atoms with van der Waals surface area (Å²) in [6, 6.07) is 5.97. The zero-order valence-electron chi connectivity index (χ0n) is 13.6. The minimum atomic E-state index is -4.60. The van der Waals surface area contributed by atoms with Gasteiger partial charge in [-0.3, -0.25) is 0 Å². The van der Waals surface area contributed by atoms with Crippen LogP contribution in [-0.4, -0.2) is 27.7 Å². The molecule has 2 rings (SSSR count). The van der Waals surface area contributed by atoms with Gasteiger partial charge in [-0.05, 0) is 44.0 Å². The van der Waals surface area contributed by atoms with Crippen molar-refractivity contribution in [2.45, 2.75) is 33.0 Å². The quantitative estimate of drug-likeness (QED) is 0.775. The van der Waals surface area contributed by atoms with Crippen molar-refractivity contribution in [1.29, 1.82) is 0 Å². The van der Waals surface area contributed by atoms with Crippen LogP contribution in [-0.2, 0) is 6.18 Å². The largest absolute Gasteiger partial charge is 0.433 e. The number of hydrogen-bond acceptors (Lipinski definition) is 5. The van der Waals surface area contributed by atoms with Gasteiger partial charge in [0.15, 0.2) is 5.69 Å². The summed E-state index contributed by atoms with van der Waals surface area (Å²) in [4.78, 5) is 7.52. The molecule has 0 radical (unpaired) electrons. The first-order chi connectivity index (χ1) is 11.2. The number of hydrogen-bond donors (Lipinski definition) is 3. The zero-order valence-corrected chi connectivity index (χ0v) is 13.6. The molecular weight excluding hydrogens is 321 g/mol. The molecule has 0 aliphatic heterocycles. The lowest BCUT2D eigenvalue weighted by Crippen LogP contribution is -2.22. The Hall–Kier alpha value is -2.35. The SMILES string of the molecule is Cc1cc(C)cc(Nc2cc(C(F)(F)F)nc(N[C@H](C)CO)n2)c1. The fraction of sp³-hybridized carbons (Fsp3) is 0.375. The first-order valence-electron chi connectivity index (χ1n) is 7.36. The Morgan fingerprint density at radius 3 is 2.25 bits per heavy atom. The topological polar surface area (TPSA) is 70.1 Å². The van der Waals surface area contributed by atoms with Crippen LogP contribution in [0, 0.1) is 13.8 Å². The fourth-order valence-corrected chi connectivity index (χ4v) is 2.18. The van der Waals surface area contributed by atoms with Crippen LogP contribution in [0.3, 0.4) is 0 Å². The highest BCUT2D eigenvalue weighted by molar-refractivity contribution is 5.59. The molecule has 2 aromatic rings. The summed E-state index contributed by atoms with van der Waals surface area (Å²) in [6.07, 6.45) is -4.60. The number of alkyl halides is 3. The van der Waals surface area contributed by atoms with Crippen molar-refractivity contribution in [2.24, 2.45) is 0 Å². The molecule has 0 fully saturated rings. The summed E-state index contributed by atoms with van der Waals surface area (Å²) < 4.78 is 39.1. The molecule has 1 aromatic heterocycles. The summed E-state index contributed by atoms with van der Waals surface area (Å²) in [5, 5.41) is 14.6. The van der Waals surface area contributed by atoms with E-state index in [0.717, 1.165) is 17.2 Å². The smallest absolute Gasteiger partial charge is 0.394 e. The number of aliphatic hydroxyl groups excluding tert-OH is 1. The van der Waals surface area contributed by atoms with Crippen LogP contribution in [0.5, 0.6) is 0 Å². The molecule has 0 saturated heterocycles. The van der Waals surface area contributed by atoms with Crippen molar-refractivity contribution < 1.29 is 18.3 Å². The molecule has 0 spiro atoms. The molecule has 1 atom stereocenters. The Morgan fingerprint density at radius 2 is 1.71 bits per heavy atom.